The van der Waals surface area contributed by atoms with Crippen molar-refractivity contribution >= 4 is 10.9 Å². The predicted octanol–water partition coefficient (Wildman–Crippen LogP) is 2.98. The van der Waals surface area contributed by atoms with E-state index in [1.54, 1.807) is 17.1 Å². The maximum Gasteiger partial charge on any atom is 0.255 e. The van der Waals surface area contributed by atoms with Gasteiger partial charge < -0.3 is 14.3 Å². The van der Waals surface area contributed by atoms with Crippen molar-refractivity contribution in [2.75, 3.05) is 0 Å². The summed E-state index contributed by atoms with van der Waals surface area (Å²) < 4.78 is 6.79. The average molecular weight is 282 g/mol. The molecule has 0 fully saturated rings. The van der Waals surface area contributed by atoms with Crippen molar-refractivity contribution in [3.05, 3.63) is 70.4 Å². The number of benzene rings is 1. The van der Waals surface area contributed by atoms with Gasteiger partial charge >= 0.3 is 0 Å². The van der Waals surface area contributed by atoms with Gasteiger partial charge in [0, 0.05) is 30.8 Å². The van der Waals surface area contributed by atoms with E-state index in [9.17, 15) is 4.79 Å². The molecule has 4 heteroatoms. The molecule has 0 aliphatic carbocycles. The summed E-state index contributed by atoms with van der Waals surface area (Å²) in [5, 5.41) is 4.44. The lowest BCUT2D eigenvalue weighted by Crippen LogP contribution is -2.27. The van der Waals surface area contributed by atoms with Crippen molar-refractivity contribution in [2.45, 2.75) is 19.5 Å². The molecule has 1 unspecified atom stereocenters. The van der Waals surface area contributed by atoms with E-state index in [4.69, 9.17) is 4.42 Å². The van der Waals surface area contributed by atoms with Crippen LogP contribution in [0.4, 0.5) is 0 Å². The van der Waals surface area contributed by atoms with Crippen LogP contribution in [0.5, 0.6) is 0 Å². The van der Waals surface area contributed by atoms with Gasteiger partial charge in [-0.3, -0.25) is 4.79 Å². The third-order valence-electron chi connectivity index (χ3n) is 3.85. The van der Waals surface area contributed by atoms with E-state index in [-0.39, 0.29) is 11.6 Å². The van der Waals surface area contributed by atoms with Gasteiger partial charge in [-0.2, -0.15) is 0 Å². The zero-order chi connectivity index (χ0) is 14.8. The molecular formula is C17H18N2O2. The number of fused-ring (bicyclic) bond motifs is 1. The molecule has 21 heavy (non-hydrogen) atoms. The van der Waals surface area contributed by atoms with Crippen LogP contribution in [0.2, 0.25) is 0 Å². The zero-order valence-corrected chi connectivity index (χ0v) is 12.2. The number of para-hydroxylation sites is 1. The number of furan rings is 1. The largest absolute Gasteiger partial charge is 0.472 e. The Labute approximate surface area is 123 Å². The third kappa shape index (κ3) is 2.62. The average Bonchev–Trinajstić information content (AvgIpc) is 3.03. The van der Waals surface area contributed by atoms with Gasteiger partial charge in [0.1, 0.15) is 0 Å². The van der Waals surface area contributed by atoms with Gasteiger partial charge in [-0.05, 0) is 30.5 Å². The molecule has 0 spiro atoms. The first-order valence-electron chi connectivity index (χ1n) is 7.00. The minimum atomic E-state index is 0.0422. The van der Waals surface area contributed by atoms with Crippen LogP contribution in [0.15, 0.2) is 58.1 Å². The highest BCUT2D eigenvalue weighted by molar-refractivity contribution is 5.79. The van der Waals surface area contributed by atoms with Gasteiger partial charge in [0.05, 0.1) is 18.0 Å². The fourth-order valence-corrected chi connectivity index (χ4v) is 2.52. The standard InChI is InChI=1S/C17H18N2O2/c1-12(14-7-8-21-11-14)18-10-15-9-13-5-3-4-6-16(13)19(2)17(15)20/h3-9,11-12,18H,10H2,1-2H3. The Morgan fingerprint density at radius 2 is 2.10 bits per heavy atom. The molecule has 1 atom stereocenters. The summed E-state index contributed by atoms with van der Waals surface area (Å²) in [6.07, 6.45) is 3.37. The van der Waals surface area contributed by atoms with Crippen LogP contribution in [-0.4, -0.2) is 4.57 Å². The van der Waals surface area contributed by atoms with Crippen LogP contribution >= 0.6 is 0 Å². The van der Waals surface area contributed by atoms with E-state index in [0.717, 1.165) is 22.0 Å². The summed E-state index contributed by atoms with van der Waals surface area (Å²) in [5.41, 5.74) is 2.84. The number of pyridine rings is 1. The van der Waals surface area contributed by atoms with E-state index in [1.165, 1.54) is 0 Å². The molecule has 108 valence electrons. The van der Waals surface area contributed by atoms with Gasteiger partial charge in [-0.15, -0.1) is 0 Å². The van der Waals surface area contributed by atoms with Gasteiger partial charge in [-0.1, -0.05) is 18.2 Å². The Hall–Kier alpha value is -2.33. The lowest BCUT2D eigenvalue weighted by atomic mass is 10.1. The second kappa shape index (κ2) is 5.58. The summed E-state index contributed by atoms with van der Waals surface area (Å²) in [7, 11) is 1.81. The Kier molecular flexibility index (Phi) is 3.62. The van der Waals surface area contributed by atoms with Crippen molar-refractivity contribution in [1.29, 1.82) is 0 Å². The van der Waals surface area contributed by atoms with Crippen molar-refractivity contribution < 1.29 is 4.42 Å². The molecular weight excluding hydrogens is 264 g/mol. The Balaban J connectivity index is 1.87. The first kappa shape index (κ1) is 13.6. The first-order valence-corrected chi connectivity index (χ1v) is 7.00. The summed E-state index contributed by atoms with van der Waals surface area (Å²) >= 11 is 0. The quantitative estimate of drug-likeness (QED) is 0.800. The van der Waals surface area contributed by atoms with Gasteiger partial charge in [-0.25, -0.2) is 0 Å². The topological polar surface area (TPSA) is 47.2 Å². The molecule has 2 aromatic heterocycles. The first-order chi connectivity index (χ1) is 10.2. The van der Waals surface area contributed by atoms with Crippen molar-refractivity contribution in [3.63, 3.8) is 0 Å². The maximum atomic E-state index is 12.4. The fourth-order valence-electron chi connectivity index (χ4n) is 2.52. The van der Waals surface area contributed by atoms with Crippen molar-refractivity contribution in [3.8, 4) is 0 Å². The summed E-state index contributed by atoms with van der Waals surface area (Å²) in [6, 6.07) is 11.9. The highest BCUT2D eigenvalue weighted by atomic mass is 16.3. The molecule has 3 rings (SSSR count). The molecule has 3 aromatic rings. The minimum Gasteiger partial charge on any atom is -0.472 e. The van der Waals surface area contributed by atoms with Crippen molar-refractivity contribution in [1.82, 2.24) is 9.88 Å². The van der Waals surface area contributed by atoms with E-state index in [0.29, 0.717) is 6.54 Å². The highest BCUT2D eigenvalue weighted by Gasteiger charge is 2.09. The number of aromatic nitrogens is 1. The number of nitrogens with one attached hydrogen (secondary N) is 1. The highest BCUT2D eigenvalue weighted by Crippen LogP contribution is 2.15. The van der Waals surface area contributed by atoms with Crippen LogP contribution in [0.25, 0.3) is 10.9 Å². The molecule has 0 radical (unpaired) electrons. The normalized spacial score (nSPS) is 12.7. The molecule has 1 N–H and O–H groups in total. The lowest BCUT2D eigenvalue weighted by Gasteiger charge is -2.13. The van der Waals surface area contributed by atoms with Gasteiger partial charge in [0.25, 0.3) is 5.56 Å². The van der Waals surface area contributed by atoms with E-state index in [1.807, 2.05) is 43.4 Å². The summed E-state index contributed by atoms with van der Waals surface area (Å²) in [4.78, 5) is 12.4. The van der Waals surface area contributed by atoms with E-state index in [2.05, 4.69) is 12.2 Å². The number of rotatable bonds is 4. The minimum absolute atomic E-state index is 0.0422. The molecule has 0 saturated heterocycles. The lowest BCUT2D eigenvalue weighted by molar-refractivity contribution is 0.537. The molecule has 1 aromatic carbocycles. The van der Waals surface area contributed by atoms with Gasteiger partial charge in [0.15, 0.2) is 0 Å². The second-order valence-electron chi connectivity index (χ2n) is 5.25. The number of hydrogen-bond acceptors (Lipinski definition) is 3. The predicted molar refractivity (Wildman–Crippen MR) is 83.2 cm³/mol. The third-order valence-corrected chi connectivity index (χ3v) is 3.85. The van der Waals surface area contributed by atoms with Crippen LogP contribution in [0.3, 0.4) is 0 Å². The second-order valence-corrected chi connectivity index (χ2v) is 5.25. The van der Waals surface area contributed by atoms with Crippen LogP contribution in [0, 0.1) is 0 Å². The molecule has 0 saturated carbocycles. The maximum absolute atomic E-state index is 12.4. The molecule has 0 aliphatic heterocycles. The monoisotopic (exact) mass is 282 g/mol. The molecule has 0 amide bonds. The molecule has 4 nitrogen and oxygen atoms in total. The van der Waals surface area contributed by atoms with Crippen LogP contribution in [-0.2, 0) is 13.6 Å². The van der Waals surface area contributed by atoms with Gasteiger partial charge in [0.2, 0.25) is 0 Å². The SMILES string of the molecule is CC(NCc1cc2ccccc2n(C)c1=O)c1ccoc1. The Morgan fingerprint density at radius 1 is 1.29 bits per heavy atom. The molecule has 0 bridgehead atoms. The summed E-state index contributed by atoms with van der Waals surface area (Å²) in [5.74, 6) is 0. The Morgan fingerprint density at radius 3 is 2.86 bits per heavy atom. The molecule has 2 heterocycles. The Bertz CT molecular complexity index is 803. The number of aryl methyl sites for hydroxylation is 1. The summed E-state index contributed by atoms with van der Waals surface area (Å²) in [6.45, 7) is 2.58. The molecule has 0 aliphatic rings. The van der Waals surface area contributed by atoms with Crippen molar-refractivity contribution in [2.24, 2.45) is 7.05 Å². The van der Waals surface area contributed by atoms with Crippen LogP contribution in [0.1, 0.15) is 24.1 Å². The number of nitrogens with zero attached hydrogens (tertiary/aromatic N) is 1. The van der Waals surface area contributed by atoms with E-state index < -0.39 is 0 Å². The van der Waals surface area contributed by atoms with Crippen LogP contribution < -0.4 is 10.9 Å². The van der Waals surface area contributed by atoms with E-state index >= 15 is 0 Å². The zero-order valence-electron chi connectivity index (χ0n) is 12.2. The number of hydrogen-bond donors (Lipinski definition) is 1. The smallest absolute Gasteiger partial charge is 0.255 e. The fraction of sp³-hybridized carbons (Fsp3) is 0.235.